The summed E-state index contributed by atoms with van der Waals surface area (Å²) in [6.07, 6.45) is 0. The zero-order valence-electron chi connectivity index (χ0n) is 11.3. The molecule has 0 spiro atoms. The number of nitrogens with zero attached hydrogens (tertiary/aromatic N) is 1. The van der Waals surface area contributed by atoms with Gasteiger partial charge in [-0.25, -0.2) is 4.39 Å². The van der Waals surface area contributed by atoms with Gasteiger partial charge in [-0.3, -0.25) is 0 Å². The van der Waals surface area contributed by atoms with E-state index in [0.29, 0.717) is 18.1 Å². The Kier molecular flexibility index (Phi) is 6.09. The van der Waals surface area contributed by atoms with Gasteiger partial charge < -0.3 is 14.7 Å². The van der Waals surface area contributed by atoms with Crippen molar-refractivity contribution in [3.05, 3.63) is 29.6 Å². The molecule has 0 radical (unpaired) electrons. The molecule has 0 atom stereocenters. The predicted molar refractivity (Wildman–Crippen MR) is 71.2 cm³/mol. The Morgan fingerprint density at radius 3 is 2.67 bits per heavy atom. The van der Waals surface area contributed by atoms with Gasteiger partial charge in [-0.05, 0) is 24.1 Å². The summed E-state index contributed by atoms with van der Waals surface area (Å²) < 4.78 is 18.3. The maximum absolute atomic E-state index is 13.2. The molecule has 0 aromatic heterocycles. The molecule has 0 heterocycles. The van der Waals surface area contributed by atoms with Gasteiger partial charge in [0.05, 0.1) is 13.2 Å². The van der Waals surface area contributed by atoms with E-state index in [9.17, 15) is 9.50 Å². The fourth-order valence-corrected chi connectivity index (χ4v) is 1.94. The van der Waals surface area contributed by atoms with Crippen LogP contribution in [-0.4, -0.2) is 31.9 Å². The normalized spacial score (nSPS) is 11.0. The van der Waals surface area contributed by atoms with Crippen molar-refractivity contribution in [3.63, 3.8) is 0 Å². The van der Waals surface area contributed by atoms with Gasteiger partial charge in [-0.1, -0.05) is 13.8 Å². The van der Waals surface area contributed by atoms with E-state index in [1.807, 2.05) is 0 Å². The first-order valence-corrected chi connectivity index (χ1v) is 6.21. The summed E-state index contributed by atoms with van der Waals surface area (Å²) in [5.74, 6) is 0.164. The molecule has 1 N–H and O–H groups in total. The molecule has 1 rings (SSSR count). The molecular weight excluding hydrogens is 233 g/mol. The number of methoxy groups -OCH3 is 1. The van der Waals surface area contributed by atoms with Crippen molar-refractivity contribution in [2.45, 2.75) is 20.5 Å². The first kappa shape index (κ1) is 14.9. The number of aliphatic hydroxyl groups excluding tert-OH is 1. The number of aliphatic hydroxyl groups is 1. The largest absolute Gasteiger partial charge is 0.392 e. The van der Waals surface area contributed by atoms with Gasteiger partial charge in [0.2, 0.25) is 0 Å². The second kappa shape index (κ2) is 7.34. The Morgan fingerprint density at radius 1 is 1.39 bits per heavy atom. The lowest BCUT2D eigenvalue weighted by molar-refractivity contribution is 0.204. The Labute approximate surface area is 108 Å². The minimum Gasteiger partial charge on any atom is -0.392 e. The average Bonchev–Trinajstić information content (AvgIpc) is 2.34. The summed E-state index contributed by atoms with van der Waals surface area (Å²) in [5, 5.41) is 9.33. The molecule has 0 saturated heterocycles. The number of rotatable bonds is 7. The van der Waals surface area contributed by atoms with Gasteiger partial charge in [-0.15, -0.1) is 0 Å². The van der Waals surface area contributed by atoms with Crippen LogP contribution in [0.1, 0.15) is 19.4 Å². The lowest BCUT2D eigenvalue weighted by Crippen LogP contribution is -2.31. The summed E-state index contributed by atoms with van der Waals surface area (Å²) in [6.45, 7) is 6.28. The van der Waals surface area contributed by atoms with Gasteiger partial charge in [0.1, 0.15) is 5.82 Å². The number of benzene rings is 1. The summed E-state index contributed by atoms with van der Waals surface area (Å²) in [4.78, 5) is 2.12. The highest BCUT2D eigenvalue weighted by molar-refractivity contribution is 5.53. The monoisotopic (exact) mass is 255 g/mol. The molecule has 1 aromatic rings. The minimum atomic E-state index is -0.320. The molecule has 102 valence electrons. The van der Waals surface area contributed by atoms with Gasteiger partial charge in [0.15, 0.2) is 0 Å². The van der Waals surface area contributed by atoms with Crippen LogP contribution in [0.5, 0.6) is 0 Å². The fraction of sp³-hybridized carbons (Fsp3) is 0.571. The minimum absolute atomic E-state index is 0.158. The second-order valence-corrected chi connectivity index (χ2v) is 4.76. The molecule has 4 heteroatoms. The molecule has 3 nitrogen and oxygen atoms in total. The number of hydrogen-bond donors (Lipinski definition) is 1. The number of hydrogen-bond acceptors (Lipinski definition) is 3. The van der Waals surface area contributed by atoms with Crippen molar-refractivity contribution in [1.82, 2.24) is 0 Å². The summed E-state index contributed by atoms with van der Waals surface area (Å²) in [6, 6.07) is 4.53. The zero-order chi connectivity index (χ0) is 13.5. The highest BCUT2D eigenvalue weighted by Gasteiger charge is 2.13. The van der Waals surface area contributed by atoms with E-state index in [4.69, 9.17) is 4.74 Å². The molecule has 0 amide bonds. The topological polar surface area (TPSA) is 32.7 Å². The van der Waals surface area contributed by atoms with Gasteiger partial charge in [-0.2, -0.15) is 0 Å². The molecule has 0 aliphatic rings. The molecule has 0 saturated carbocycles. The standard InChI is InChI=1S/C14H22FNO2/c1-11(2)9-16(6-7-18-3)14-5-4-13(15)8-12(14)10-17/h4-5,8,11,17H,6-7,9-10H2,1-3H3. The highest BCUT2D eigenvalue weighted by atomic mass is 19.1. The molecule has 0 aliphatic carbocycles. The Balaban J connectivity index is 2.95. The van der Waals surface area contributed by atoms with Crippen molar-refractivity contribution in [1.29, 1.82) is 0 Å². The van der Waals surface area contributed by atoms with Crippen LogP contribution >= 0.6 is 0 Å². The second-order valence-electron chi connectivity index (χ2n) is 4.76. The highest BCUT2D eigenvalue weighted by Crippen LogP contribution is 2.22. The van der Waals surface area contributed by atoms with Crippen LogP contribution in [0.3, 0.4) is 0 Å². The van der Waals surface area contributed by atoms with Crippen LogP contribution in [0, 0.1) is 11.7 Å². The van der Waals surface area contributed by atoms with Crippen LogP contribution in [0.4, 0.5) is 10.1 Å². The molecule has 18 heavy (non-hydrogen) atoms. The van der Waals surface area contributed by atoms with Crippen molar-refractivity contribution >= 4 is 5.69 Å². The molecule has 0 unspecified atom stereocenters. The van der Waals surface area contributed by atoms with E-state index in [1.165, 1.54) is 12.1 Å². The van der Waals surface area contributed by atoms with Crippen LogP contribution < -0.4 is 4.90 Å². The lowest BCUT2D eigenvalue weighted by Gasteiger charge is -2.28. The van der Waals surface area contributed by atoms with Crippen LogP contribution in [0.25, 0.3) is 0 Å². The number of ether oxygens (including phenoxy) is 1. The first-order valence-electron chi connectivity index (χ1n) is 6.21. The van der Waals surface area contributed by atoms with E-state index in [2.05, 4.69) is 18.7 Å². The first-order chi connectivity index (χ1) is 8.58. The lowest BCUT2D eigenvalue weighted by atomic mass is 10.1. The quantitative estimate of drug-likeness (QED) is 0.812. The Bertz CT molecular complexity index is 369. The summed E-state index contributed by atoms with van der Waals surface area (Å²) in [5.41, 5.74) is 1.50. The third-order valence-electron chi connectivity index (χ3n) is 2.70. The Morgan fingerprint density at radius 2 is 2.11 bits per heavy atom. The zero-order valence-corrected chi connectivity index (χ0v) is 11.3. The van der Waals surface area contributed by atoms with E-state index in [-0.39, 0.29) is 12.4 Å². The maximum Gasteiger partial charge on any atom is 0.123 e. The summed E-state index contributed by atoms with van der Waals surface area (Å²) >= 11 is 0. The van der Waals surface area contributed by atoms with Crippen molar-refractivity contribution in [3.8, 4) is 0 Å². The van der Waals surface area contributed by atoms with E-state index >= 15 is 0 Å². The number of anilines is 1. The molecule has 0 fully saturated rings. The van der Waals surface area contributed by atoms with Gasteiger partial charge in [0, 0.05) is 31.5 Å². The van der Waals surface area contributed by atoms with Crippen molar-refractivity contribution < 1.29 is 14.2 Å². The smallest absolute Gasteiger partial charge is 0.123 e. The SMILES string of the molecule is COCCN(CC(C)C)c1ccc(F)cc1CO. The van der Waals surface area contributed by atoms with E-state index in [0.717, 1.165) is 18.8 Å². The molecule has 0 bridgehead atoms. The third kappa shape index (κ3) is 4.27. The van der Waals surface area contributed by atoms with Gasteiger partial charge in [0.25, 0.3) is 0 Å². The summed E-state index contributed by atoms with van der Waals surface area (Å²) in [7, 11) is 1.66. The van der Waals surface area contributed by atoms with Crippen LogP contribution in [-0.2, 0) is 11.3 Å². The van der Waals surface area contributed by atoms with Crippen LogP contribution in [0.15, 0.2) is 18.2 Å². The molecule has 1 aromatic carbocycles. The van der Waals surface area contributed by atoms with Crippen molar-refractivity contribution in [2.75, 3.05) is 31.7 Å². The van der Waals surface area contributed by atoms with E-state index < -0.39 is 0 Å². The Hall–Kier alpha value is -1.13. The predicted octanol–water partition coefficient (Wildman–Crippen LogP) is 2.43. The number of halogens is 1. The van der Waals surface area contributed by atoms with E-state index in [1.54, 1.807) is 13.2 Å². The van der Waals surface area contributed by atoms with Gasteiger partial charge >= 0.3 is 0 Å². The third-order valence-corrected chi connectivity index (χ3v) is 2.70. The van der Waals surface area contributed by atoms with Crippen LogP contribution in [0.2, 0.25) is 0 Å². The molecular formula is C14H22FNO2. The fourth-order valence-electron chi connectivity index (χ4n) is 1.94. The maximum atomic E-state index is 13.2. The van der Waals surface area contributed by atoms with Crippen molar-refractivity contribution in [2.24, 2.45) is 5.92 Å². The molecule has 0 aliphatic heterocycles. The average molecular weight is 255 g/mol.